The Balaban J connectivity index is 0.000000351. The third kappa shape index (κ3) is 6.88. The molecule has 0 saturated heterocycles. The van der Waals surface area contributed by atoms with Crippen LogP contribution in [0.25, 0.3) is 0 Å². The van der Waals surface area contributed by atoms with Crippen molar-refractivity contribution in [2.75, 3.05) is 18.5 Å². The van der Waals surface area contributed by atoms with Crippen molar-refractivity contribution in [1.29, 1.82) is 0 Å². The van der Waals surface area contributed by atoms with Crippen LogP contribution in [0, 0.1) is 10.8 Å². The average Bonchev–Trinajstić information content (AvgIpc) is 2.53. The van der Waals surface area contributed by atoms with Crippen molar-refractivity contribution in [2.24, 2.45) is 10.8 Å². The maximum atomic E-state index is 2.40. The van der Waals surface area contributed by atoms with Gasteiger partial charge in [-0.1, -0.05) is 20.8 Å². The molecule has 24 heavy (non-hydrogen) atoms. The van der Waals surface area contributed by atoms with E-state index in [2.05, 4.69) is 84.9 Å². The van der Waals surface area contributed by atoms with E-state index in [0.29, 0.717) is 18.8 Å². The van der Waals surface area contributed by atoms with Gasteiger partial charge < -0.3 is 0 Å². The predicted octanol–water partition coefficient (Wildman–Crippen LogP) is 7.34. The van der Waals surface area contributed by atoms with Crippen molar-refractivity contribution in [2.45, 2.75) is 61.3 Å². The molecule has 0 N–H and O–H groups in total. The van der Waals surface area contributed by atoms with E-state index in [4.69, 9.17) is 0 Å². The average molecular weight is 424 g/mol. The van der Waals surface area contributed by atoms with Crippen LogP contribution in [0.4, 0.5) is 0 Å². The normalized spacial score (nSPS) is 20.8. The van der Waals surface area contributed by atoms with Crippen molar-refractivity contribution < 1.29 is 23.2 Å². The molecule has 0 aromatic carbocycles. The van der Waals surface area contributed by atoms with Crippen molar-refractivity contribution in [1.82, 2.24) is 0 Å². The molecule has 2 heteroatoms. The summed E-state index contributed by atoms with van der Waals surface area (Å²) in [6.07, 6.45) is 20.6. The molecule has 0 fully saturated rings. The summed E-state index contributed by atoms with van der Waals surface area (Å²) < 4.78 is 3.50. The third-order valence-corrected chi connectivity index (χ3v) is 13.3. The molecule has 0 aromatic rings. The monoisotopic (exact) mass is 422 g/mol. The van der Waals surface area contributed by atoms with Gasteiger partial charge in [0.1, 0.15) is 0 Å². The molecule has 0 radical (unpaired) electrons. The van der Waals surface area contributed by atoms with E-state index in [9.17, 15) is 0 Å². The smallest absolute Gasteiger partial charge is 0.0355 e. The molecule has 2 rings (SSSR count). The third-order valence-electron chi connectivity index (χ3n) is 5.12. The largest absolute Gasteiger partial charge is 0.108 e. The van der Waals surface area contributed by atoms with Gasteiger partial charge in [-0.05, 0) is 18.5 Å². The Labute approximate surface area is 164 Å². The summed E-state index contributed by atoms with van der Waals surface area (Å²) in [5.74, 6) is 0. The van der Waals surface area contributed by atoms with E-state index in [1.54, 1.807) is 6.56 Å². The van der Waals surface area contributed by atoms with Gasteiger partial charge in [0.05, 0.1) is 0 Å². The number of hydrogen-bond acceptors (Lipinski definition) is 0. The van der Waals surface area contributed by atoms with E-state index < -0.39 is 23.2 Å². The van der Waals surface area contributed by atoms with Crippen LogP contribution < -0.4 is 0 Å². The molecular formula is C22H37PZr. The molecule has 2 aliphatic carbocycles. The van der Waals surface area contributed by atoms with Crippen LogP contribution >= 0.6 is 7.92 Å². The zero-order valence-electron chi connectivity index (χ0n) is 16.9. The Morgan fingerprint density at radius 3 is 1.42 bits per heavy atom. The first-order valence-corrected chi connectivity index (χ1v) is 13.9. The van der Waals surface area contributed by atoms with Gasteiger partial charge in [0.25, 0.3) is 0 Å². The zero-order valence-corrected chi connectivity index (χ0v) is 20.3. The molecule has 134 valence electrons. The SMILES string of the molecule is CC1(C)CC=CC=[C]1[Zr][C]1=CC=CCC1(C)C.CCP(CC)CC. The molecule has 0 unspecified atom stereocenters. The van der Waals surface area contributed by atoms with E-state index in [0.717, 1.165) is 0 Å². The minimum Gasteiger partial charge on any atom is -0.108 e. The van der Waals surface area contributed by atoms with Gasteiger partial charge in [-0.3, -0.25) is 0 Å². The topological polar surface area (TPSA) is 0 Å². The van der Waals surface area contributed by atoms with Crippen molar-refractivity contribution in [3.8, 4) is 0 Å². The standard InChI is InChI=1S/2C8H11.C6H15P.Zr/c2*1-8(2)6-4-3-5-7-8;1-4-7(5-2)6-3;/h2*3-5H,6H2,1-2H3;4-6H2,1-3H3;. The number of hydrogen-bond donors (Lipinski definition) is 0. The minimum atomic E-state index is -0.583. The second-order valence-corrected chi connectivity index (χ2v) is 14.4. The Morgan fingerprint density at radius 2 is 1.17 bits per heavy atom. The maximum Gasteiger partial charge on any atom is -0.0355 e. The quantitative estimate of drug-likeness (QED) is 0.406. The molecule has 0 heterocycles. The van der Waals surface area contributed by atoms with Crippen LogP contribution in [0.15, 0.2) is 43.0 Å². The Kier molecular flexibility index (Phi) is 9.70. The van der Waals surface area contributed by atoms with Crippen molar-refractivity contribution >= 4 is 7.92 Å². The Morgan fingerprint density at radius 1 is 0.792 bits per heavy atom. The molecule has 0 nitrogen and oxygen atoms in total. The summed E-state index contributed by atoms with van der Waals surface area (Å²) >= 11 is -0.583. The first-order valence-electron chi connectivity index (χ1n) is 9.50. The van der Waals surface area contributed by atoms with Gasteiger partial charge in [-0.15, -0.1) is 7.92 Å². The second kappa shape index (κ2) is 10.4. The molecule has 0 aromatic heterocycles. The fourth-order valence-electron chi connectivity index (χ4n) is 2.96. The molecule has 0 amide bonds. The zero-order chi connectivity index (χ0) is 18.2. The molecule has 2 aliphatic rings. The van der Waals surface area contributed by atoms with Gasteiger partial charge in [-0.25, -0.2) is 0 Å². The van der Waals surface area contributed by atoms with E-state index >= 15 is 0 Å². The van der Waals surface area contributed by atoms with Crippen LogP contribution in [-0.4, -0.2) is 18.5 Å². The summed E-state index contributed by atoms with van der Waals surface area (Å²) in [5, 5.41) is 0. The van der Waals surface area contributed by atoms with Crippen LogP contribution in [0.5, 0.6) is 0 Å². The van der Waals surface area contributed by atoms with E-state index in [1.165, 1.54) is 31.3 Å². The first-order chi connectivity index (χ1) is 11.3. The number of allylic oxidation sites excluding steroid dienone is 8. The summed E-state index contributed by atoms with van der Waals surface area (Å²) in [4.78, 5) is 0. The van der Waals surface area contributed by atoms with Crippen molar-refractivity contribution in [3.63, 3.8) is 0 Å². The molecule has 0 atom stereocenters. The van der Waals surface area contributed by atoms with Crippen molar-refractivity contribution in [3.05, 3.63) is 43.0 Å². The summed E-state index contributed by atoms with van der Waals surface area (Å²) in [6, 6.07) is 0. The van der Waals surface area contributed by atoms with Gasteiger partial charge in [0, 0.05) is 0 Å². The fraction of sp³-hybridized carbons (Fsp3) is 0.636. The molecular weight excluding hydrogens is 386 g/mol. The van der Waals surface area contributed by atoms with E-state index in [-0.39, 0.29) is 0 Å². The van der Waals surface area contributed by atoms with Crippen LogP contribution in [0.3, 0.4) is 0 Å². The maximum absolute atomic E-state index is 2.40. The molecule has 0 spiro atoms. The van der Waals surface area contributed by atoms with Gasteiger partial charge in [0.2, 0.25) is 0 Å². The Bertz CT molecular complexity index is 457. The fourth-order valence-corrected chi connectivity index (χ4v) is 8.07. The predicted molar refractivity (Wildman–Crippen MR) is 110 cm³/mol. The van der Waals surface area contributed by atoms with E-state index in [1.807, 2.05) is 0 Å². The van der Waals surface area contributed by atoms with Gasteiger partial charge in [0.15, 0.2) is 0 Å². The molecule has 0 bridgehead atoms. The minimum absolute atomic E-state index is 0.402. The van der Waals surface area contributed by atoms with Gasteiger partial charge >= 0.3 is 118 Å². The first kappa shape index (κ1) is 22.3. The molecule has 0 aliphatic heterocycles. The van der Waals surface area contributed by atoms with Crippen LogP contribution in [0.2, 0.25) is 0 Å². The summed E-state index contributed by atoms with van der Waals surface area (Å²) in [5.41, 5.74) is 0.804. The number of rotatable bonds is 5. The van der Waals surface area contributed by atoms with Gasteiger partial charge in [-0.2, -0.15) is 0 Å². The summed E-state index contributed by atoms with van der Waals surface area (Å²) in [6.45, 7) is 16.5. The molecule has 0 saturated carbocycles. The summed E-state index contributed by atoms with van der Waals surface area (Å²) in [7, 11) is 0.446. The Hall–Kier alpha value is 0.273. The second-order valence-electron chi connectivity index (χ2n) is 7.94. The van der Waals surface area contributed by atoms with Crippen LogP contribution in [0.1, 0.15) is 61.3 Å². The van der Waals surface area contributed by atoms with Crippen LogP contribution in [-0.2, 0) is 23.2 Å².